The first-order valence-electron chi connectivity index (χ1n) is 7.55. The van der Waals surface area contributed by atoms with Crippen LogP contribution in [0.3, 0.4) is 0 Å². The van der Waals surface area contributed by atoms with Crippen LogP contribution < -0.4 is 15.0 Å². The number of aromatic nitrogens is 2. The highest BCUT2D eigenvalue weighted by Gasteiger charge is 2.17. The number of nitro groups is 1. The molecule has 1 aromatic heterocycles. The summed E-state index contributed by atoms with van der Waals surface area (Å²) in [6, 6.07) is 4.13. The molecular formula is C17H19N3O5. The summed E-state index contributed by atoms with van der Waals surface area (Å²) in [4.78, 5) is 29.5. The van der Waals surface area contributed by atoms with Crippen LogP contribution in [0.5, 0.6) is 11.5 Å². The van der Waals surface area contributed by atoms with Gasteiger partial charge in [0.2, 0.25) is 0 Å². The summed E-state index contributed by atoms with van der Waals surface area (Å²) in [5.41, 5.74) is 0.315. The second-order valence-corrected chi connectivity index (χ2v) is 5.57. The van der Waals surface area contributed by atoms with E-state index in [1.54, 1.807) is 6.08 Å². The predicted molar refractivity (Wildman–Crippen MR) is 94.1 cm³/mol. The number of ether oxygens (including phenoxy) is 2. The SMILES string of the molecule is COc1cc(/C=C/c2cc(=O)[nH]c(C(C)C)n2)c([N+](=O)[O-])cc1OC. The molecule has 132 valence electrons. The highest BCUT2D eigenvalue weighted by atomic mass is 16.6. The van der Waals surface area contributed by atoms with Crippen LogP contribution in [0.1, 0.15) is 36.8 Å². The maximum absolute atomic E-state index is 11.7. The van der Waals surface area contributed by atoms with E-state index >= 15 is 0 Å². The van der Waals surface area contributed by atoms with Crippen molar-refractivity contribution in [1.29, 1.82) is 0 Å². The molecule has 0 aliphatic carbocycles. The van der Waals surface area contributed by atoms with Gasteiger partial charge in [-0.15, -0.1) is 0 Å². The Kier molecular flexibility index (Phi) is 5.53. The Balaban J connectivity index is 2.50. The molecule has 0 atom stereocenters. The largest absolute Gasteiger partial charge is 0.493 e. The van der Waals surface area contributed by atoms with Crippen molar-refractivity contribution in [1.82, 2.24) is 9.97 Å². The maximum Gasteiger partial charge on any atom is 0.280 e. The summed E-state index contributed by atoms with van der Waals surface area (Å²) >= 11 is 0. The maximum atomic E-state index is 11.7. The van der Waals surface area contributed by atoms with E-state index in [4.69, 9.17) is 9.47 Å². The lowest BCUT2D eigenvalue weighted by Crippen LogP contribution is -2.12. The van der Waals surface area contributed by atoms with Crippen LogP contribution in [-0.2, 0) is 0 Å². The number of methoxy groups -OCH3 is 2. The Labute approximate surface area is 144 Å². The molecule has 0 bridgehead atoms. The molecule has 0 fully saturated rings. The Hall–Kier alpha value is -3.16. The fourth-order valence-corrected chi connectivity index (χ4v) is 2.21. The van der Waals surface area contributed by atoms with Gasteiger partial charge in [0.1, 0.15) is 5.82 Å². The summed E-state index contributed by atoms with van der Waals surface area (Å²) in [6.07, 6.45) is 3.07. The van der Waals surface area contributed by atoms with Gasteiger partial charge in [-0.25, -0.2) is 4.98 Å². The fraction of sp³-hybridized carbons (Fsp3) is 0.294. The number of hydrogen-bond donors (Lipinski definition) is 1. The van der Waals surface area contributed by atoms with Crippen molar-refractivity contribution in [2.24, 2.45) is 0 Å². The van der Waals surface area contributed by atoms with Crippen molar-refractivity contribution in [3.8, 4) is 11.5 Å². The third-order valence-corrected chi connectivity index (χ3v) is 3.49. The number of aromatic amines is 1. The number of benzene rings is 1. The summed E-state index contributed by atoms with van der Waals surface area (Å²) in [5, 5.41) is 11.3. The molecule has 0 spiro atoms. The van der Waals surface area contributed by atoms with Crippen LogP contribution >= 0.6 is 0 Å². The highest BCUT2D eigenvalue weighted by Crippen LogP contribution is 2.35. The number of nitro benzene ring substituents is 1. The van der Waals surface area contributed by atoms with E-state index in [2.05, 4.69) is 9.97 Å². The fourth-order valence-electron chi connectivity index (χ4n) is 2.21. The molecule has 1 heterocycles. The molecule has 25 heavy (non-hydrogen) atoms. The first-order valence-corrected chi connectivity index (χ1v) is 7.55. The zero-order valence-corrected chi connectivity index (χ0v) is 14.4. The molecule has 0 saturated heterocycles. The molecule has 0 saturated carbocycles. The minimum Gasteiger partial charge on any atom is -0.493 e. The number of nitrogens with one attached hydrogen (secondary N) is 1. The van der Waals surface area contributed by atoms with Gasteiger partial charge in [0.15, 0.2) is 11.5 Å². The molecule has 0 aliphatic heterocycles. The van der Waals surface area contributed by atoms with Crippen LogP contribution in [0.25, 0.3) is 12.2 Å². The molecule has 0 radical (unpaired) electrons. The number of hydrogen-bond acceptors (Lipinski definition) is 6. The molecule has 1 N–H and O–H groups in total. The zero-order chi connectivity index (χ0) is 18.6. The molecule has 0 unspecified atom stereocenters. The molecule has 0 aliphatic rings. The Morgan fingerprint density at radius 2 is 1.80 bits per heavy atom. The van der Waals surface area contributed by atoms with Gasteiger partial charge in [0.05, 0.1) is 36.5 Å². The summed E-state index contributed by atoms with van der Waals surface area (Å²) in [6.45, 7) is 3.82. The van der Waals surface area contributed by atoms with Crippen molar-refractivity contribution < 1.29 is 14.4 Å². The normalized spacial score (nSPS) is 11.1. The average molecular weight is 345 g/mol. The van der Waals surface area contributed by atoms with E-state index in [-0.39, 0.29) is 22.9 Å². The molecule has 8 heteroatoms. The predicted octanol–water partition coefficient (Wildman–Crippen LogP) is 2.99. The molecule has 2 rings (SSSR count). The molecule has 1 aromatic carbocycles. The first-order chi connectivity index (χ1) is 11.8. The number of rotatable bonds is 6. The van der Waals surface area contributed by atoms with Crippen molar-refractivity contribution in [3.05, 3.63) is 55.7 Å². The minimum atomic E-state index is -0.508. The third-order valence-electron chi connectivity index (χ3n) is 3.49. The summed E-state index contributed by atoms with van der Waals surface area (Å²) in [5.74, 6) is 1.24. The summed E-state index contributed by atoms with van der Waals surface area (Å²) in [7, 11) is 2.86. The minimum absolute atomic E-state index is 0.0523. The van der Waals surface area contributed by atoms with Crippen molar-refractivity contribution in [2.45, 2.75) is 19.8 Å². The van der Waals surface area contributed by atoms with Gasteiger partial charge < -0.3 is 14.5 Å². The molecule has 8 nitrogen and oxygen atoms in total. The first kappa shape index (κ1) is 18.2. The topological polar surface area (TPSA) is 107 Å². The second kappa shape index (κ2) is 7.61. The van der Waals surface area contributed by atoms with E-state index in [9.17, 15) is 14.9 Å². The Morgan fingerprint density at radius 3 is 2.36 bits per heavy atom. The van der Waals surface area contributed by atoms with Crippen LogP contribution in [0.15, 0.2) is 23.0 Å². The van der Waals surface area contributed by atoms with Gasteiger partial charge in [-0.1, -0.05) is 13.8 Å². The lowest BCUT2D eigenvalue weighted by atomic mass is 10.1. The number of nitrogens with zero attached hydrogens (tertiary/aromatic N) is 2. The van der Waals surface area contributed by atoms with Gasteiger partial charge in [-0.2, -0.15) is 0 Å². The van der Waals surface area contributed by atoms with Gasteiger partial charge >= 0.3 is 0 Å². The lowest BCUT2D eigenvalue weighted by molar-refractivity contribution is -0.385. The molecular weight excluding hydrogens is 326 g/mol. The van der Waals surface area contributed by atoms with Crippen LogP contribution in [-0.4, -0.2) is 29.1 Å². The van der Waals surface area contributed by atoms with E-state index in [1.807, 2.05) is 13.8 Å². The van der Waals surface area contributed by atoms with Crippen LogP contribution in [0, 0.1) is 10.1 Å². The number of H-pyrrole nitrogens is 1. The van der Waals surface area contributed by atoms with Gasteiger partial charge in [0, 0.05) is 12.0 Å². The third kappa shape index (κ3) is 4.23. The average Bonchev–Trinajstić information content (AvgIpc) is 2.58. The van der Waals surface area contributed by atoms with E-state index in [1.165, 1.54) is 38.5 Å². The quantitative estimate of drug-likeness (QED) is 0.637. The van der Waals surface area contributed by atoms with Gasteiger partial charge in [0.25, 0.3) is 11.2 Å². The van der Waals surface area contributed by atoms with Crippen LogP contribution in [0.2, 0.25) is 0 Å². The van der Waals surface area contributed by atoms with Crippen LogP contribution in [0.4, 0.5) is 5.69 Å². The van der Waals surface area contributed by atoms with Crippen molar-refractivity contribution >= 4 is 17.8 Å². The van der Waals surface area contributed by atoms with Crippen molar-refractivity contribution in [2.75, 3.05) is 14.2 Å². The molecule has 2 aromatic rings. The van der Waals surface area contributed by atoms with Gasteiger partial charge in [-0.3, -0.25) is 14.9 Å². The Morgan fingerprint density at radius 1 is 1.16 bits per heavy atom. The standard InChI is InChI=1S/C17H19N3O5/c1-10(2)17-18-12(8-16(21)19-17)6-5-11-7-14(24-3)15(25-4)9-13(11)20(22)23/h5-10H,1-4H3,(H,18,19,21)/b6-5+. The van der Waals surface area contributed by atoms with E-state index in [0.717, 1.165) is 0 Å². The summed E-state index contributed by atoms with van der Waals surface area (Å²) < 4.78 is 10.3. The highest BCUT2D eigenvalue weighted by molar-refractivity contribution is 5.75. The second-order valence-electron chi connectivity index (χ2n) is 5.57. The monoisotopic (exact) mass is 345 g/mol. The smallest absolute Gasteiger partial charge is 0.280 e. The Bertz CT molecular complexity index is 871. The lowest BCUT2D eigenvalue weighted by Gasteiger charge is -2.08. The van der Waals surface area contributed by atoms with Crippen molar-refractivity contribution in [3.63, 3.8) is 0 Å². The molecule has 0 amide bonds. The van der Waals surface area contributed by atoms with E-state index in [0.29, 0.717) is 22.8 Å². The van der Waals surface area contributed by atoms with Gasteiger partial charge in [-0.05, 0) is 18.2 Å². The van der Waals surface area contributed by atoms with E-state index < -0.39 is 4.92 Å². The zero-order valence-electron chi connectivity index (χ0n) is 14.4.